The highest BCUT2D eigenvalue weighted by Gasteiger charge is 2.43. The Hall–Kier alpha value is -9.95. The topological polar surface area (TPSA) is 352 Å². The van der Waals surface area contributed by atoms with E-state index in [0.29, 0.717) is 80.4 Å². The van der Waals surface area contributed by atoms with Crippen molar-refractivity contribution in [1.82, 2.24) is 36.4 Å². The van der Waals surface area contributed by atoms with E-state index in [0.717, 1.165) is 110 Å². The van der Waals surface area contributed by atoms with Gasteiger partial charge in [0.1, 0.15) is 22.4 Å². The van der Waals surface area contributed by atoms with Crippen molar-refractivity contribution in [2.75, 3.05) is 39.3 Å². The Morgan fingerprint density at radius 3 is 0.898 bits per heavy atom. The molecule has 3 heterocycles. The van der Waals surface area contributed by atoms with E-state index < -0.39 is 52.0 Å². The molecule has 137 heavy (non-hydrogen) atoms. The maximum atomic E-state index is 13.8. The van der Waals surface area contributed by atoms with E-state index in [-0.39, 0.29) is 73.9 Å². The first-order valence-electron chi connectivity index (χ1n) is 49.8. The van der Waals surface area contributed by atoms with Crippen LogP contribution in [0.3, 0.4) is 0 Å². The summed E-state index contributed by atoms with van der Waals surface area (Å²) in [6.07, 6.45) is 21.3. The number of benzene rings is 3. The molecular formula is C110H165ClN12O14. The minimum atomic E-state index is -0.711. The summed E-state index contributed by atoms with van der Waals surface area (Å²) in [7, 11) is 0. The highest BCUT2D eigenvalue weighted by atomic mass is 35.5. The first kappa shape index (κ1) is 111. The molecule has 3 aromatic heterocycles. The van der Waals surface area contributed by atoms with Gasteiger partial charge in [0.15, 0.2) is 23.2 Å². The normalized spacial score (nSPS) is 20.4. The quantitative estimate of drug-likeness (QED) is 0.0152. The van der Waals surface area contributed by atoms with E-state index in [1.54, 1.807) is 126 Å². The molecule has 0 saturated heterocycles. The highest BCUT2D eigenvalue weighted by Crippen LogP contribution is 2.50. The lowest BCUT2D eigenvalue weighted by molar-refractivity contribution is 0.0520. The maximum Gasteiger partial charge on any atom is 0.414 e. The van der Waals surface area contributed by atoms with Crippen LogP contribution < -0.4 is 38.1 Å². The van der Waals surface area contributed by atoms with Gasteiger partial charge in [-0.2, -0.15) is 0 Å². The second-order valence-corrected chi connectivity index (χ2v) is 47.6. The first-order valence-corrected chi connectivity index (χ1v) is 50.2. The van der Waals surface area contributed by atoms with Crippen LogP contribution in [0.2, 0.25) is 0 Å². The van der Waals surface area contributed by atoms with Gasteiger partial charge < -0.3 is 58.8 Å². The molecule has 6 aliphatic rings. The van der Waals surface area contributed by atoms with E-state index in [4.69, 9.17) is 50.9 Å². The van der Waals surface area contributed by atoms with Gasteiger partial charge in [-0.1, -0.05) is 119 Å². The van der Waals surface area contributed by atoms with Crippen LogP contribution in [0.4, 0.5) is 19.2 Å². The van der Waals surface area contributed by atoms with Gasteiger partial charge in [0, 0.05) is 52.4 Å². The number of furan rings is 3. The summed E-state index contributed by atoms with van der Waals surface area (Å²) in [5.41, 5.74) is 25.7. The van der Waals surface area contributed by atoms with Crippen molar-refractivity contribution in [3.63, 3.8) is 0 Å². The lowest BCUT2D eigenvalue weighted by Crippen LogP contribution is -2.47. The van der Waals surface area contributed by atoms with Gasteiger partial charge in [0.05, 0.1) is 18.8 Å². The molecule has 0 radical (unpaired) electrons. The van der Waals surface area contributed by atoms with Crippen LogP contribution in [0.15, 0.2) is 120 Å². The molecule has 6 aromatic rings. The second-order valence-electron chi connectivity index (χ2n) is 47.3. The number of guanidine groups is 3. The summed E-state index contributed by atoms with van der Waals surface area (Å²) in [5, 5.41) is 13.5. The molecule has 9 N–H and O–H groups in total. The highest BCUT2D eigenvalue weighted by molar-refractivity contribution is 6.67. The number of nitrogens with one attached hydrogen (secondary N) is 5. The number of rotatable bonds is 21. The van der Waals surface area contributed by atoms with Crippen LogP contribution in [0.5, 0.6) is 0 Å². The zero-order valence-electron chi connectivity index (χ0n) is 87.7. The molecule has 3 aromatic carbocycles. The average molecular weight is 1920 g/mol. The molecule has 756 valence electrons. The third-order valence-corrected chi connectivity index (χ3v) is 28.2. The number of ether oxygens (including phenoxy) is 4. The molecule has 0 bridgehead atoms. The van der Waals surface area contributed by atoms with E-state index >= 15 is 0 Å². The Morgan fingerprint density at radius 2 is 0.635 bits per heavy atom. The summed E-state index contributed by atoms with van der Waals surface area (Å²) < 4.78 is 37.2. The summed E-state index contributed by atoms with van der Waals surface area (Å²) >= 11 is 5.01. The van der Waals surface area contributed by atoms with E-state index in [1.807, 2.05) is 9.80 Å². The van der Waals surface area contributed by atoms with Crippen molar-refractivity contribution in [2.24, 2.45) is 62.0 Å². The molecule has 6 amide bonds. The number of aryl methyl sites for hydroxylation is 3. The number of amides is 6. The fourth-order valence-corrected chi connectivity index (χ4v) is 19.6. The predicted molar refractivity (Wildman–Crippen MR) is 546 cm³/mol. The third-order valence-electron chi connectivity index (χ3n) is 28.0. The number of nitrogens with zero attached hydrogens (tertiary/aromatic N) is 5. The number of hydrogen-bond acceptors (Lipinski definition) is 18. The summed E-state index contributed by atoms with van der Waals surface area (Å²) in [5.74, 6) is 3.63. The molecule has 3 saturated carbocycles. The Morgan fingerprint density at radius 1 is 0.380 bits per heavy atom. The molecule has 12 rings (SSSR count). The van der Waals surface area contributed by atoms with Crippen LogP contribution in [0.1, 0.15) is 380 Å². The molecule has 0 unspecified atom stereocenters. The molecule has 27 heteroatoms. The fourth-order valence-electron chi connectivity index (χ4n) is 19.5. The van der Waals surface area contributed by atoms with Crippen molar-refractivity contribution in [3.05, 3.63) is 176 Å². The van der Waals surface area contributed by atoms with E-state index in [9.17, 15) is 33.6 Å². The fraction of sp³-hybridized carbons (Fsp3) is 0.636. The third kappa shape index (κ3) is 33.9. The minimum Gasteiger partial charge on any atom is -0.460 e. The van der Waals surface area contributed by atoms with Crippen LogP contribution in [-0.2, 0) is 71.1 Å². The number of carbonyl (C=O) groups excluding carboxylic acids is 7. The predicted octanol–water partition coefficient (Wildman–Crippen LogP) is 23.8. The molecule has 26 nitrogen and oxygen atoms in total. The van der Waals surface area contributed by atoms with Gasteiger partial charge in [-0.3, -0.25) is 50.6 Å². The smallest absolute Gasteiger partial charge is 0.414 e. The average Bonchev–Trinajstić information content (AvgIpc) is 1.35. The van der Waals surface area contributed by atoms with Gasteiger partial charge in [-0.05, 0) is 409 Å². The molecule has 0 aliphatic heterocycles. The summed E-state index contributed by atoms with van der Waals surface area (Å²) in [6.45, 7) is 62.3. The molecule has 3 fully saturated rings. The Balaban J connectivity index is 0.000000223. The van der Waals surface area contributed by atoms with Crippen molar-refractivity contribution in [1.29, 1.82) is 0 Å². The first-order chi connectivity index (χ1) is 63.6. The van der Waals surface area contributed by atoms with Gasteiger partial charge in [0.25, 0.3) is 17.1 Å². The van der Waals surface area contributed by atoms with Crippen LogP contribution in [0, 0.1) is 56.3 Å². The van der Waals surface area contributed by atoms with Gasteiger partial charge in [0.2, 0.25) is 11.9 Å². The van der Waals surface area contributed by atoms with Gasteiger partial charge in [-0.25, -0.2) is 19.2 Å². The number of hydrogen-bond donors (Lipinski definition) is 7. The minimum absolute atomic E-state index is 0.00201. The number of aliphatic imine (C=N–C) groups is 3. The SMILES string of the molecule is Cc1cc2c(cc1CN(CC1CCC(CN=C(N)N)CC1)C(=O)c1ccco1)C(C)(C)CCC2(C)C.Cc1cc2c(cc1CN(CC1CCC(CN=C(NC(=O)OC(C)(C)C)NC(=O)OC(C)(C)C)CC1)C(=O)c1ccco1)C(C)(C)CCC2(C)C.Cc1cc2c(cc1CNCC1CCC(CN=C(NC(=O)OC(C)(C)C)NC(=O)OC(C)(C)C)CC1)C(C)(C)CCC2(C)C.O=C(Cl)c1ccco1. The van der Waals surface area contributed by atoms with Crippen LogP contribution in [0.25, 0.3) is 0 Å². The molecule has 0 spiro atoms. The molecular weight excluding hydrogens is 1750 g/mol. The summed E-state index contributed by atoms with van der Waals surface area (Å²) in [6, 6.07) is 24.6. The number of alkyl carbamates (subject to hydrolysis) is 4. The van der Waals surface area contributed by atoms with Crippen LogP contribution in [-0.4, -0.2) is 131 Å². The van der Waals surface area contributed by atoms with Crippen molar-refractivity contribution < 1.29 is 65.8 Å². The van der Waals surface area contributed by atoms with Crippen molar-refractivity contribution in [3.8, 4) is 0 Å². The largest absolute Gasteiger partial charge is 0.460 e. The Kier molecular flexibility index (Phi) is 37.5. The van der Waals surface area contributed by atoms with E-state index in [1.165, 1.54) is 105 Å². The molecule has 6 aliphatic carbocycles. The number of fused-ring (bicyclic) bond motifs is 3. The van der Waals surface area contributed by atoms with Gasteiger partial charge >= 0.3 is 24.4 Å². The second kappa shape index (κ2) is 46.4. The lowest BCUT2D eigenvalue weighted by Gasteiger charge is -2.42. The maximum absolute atomic E-state index is 13.8. The zero-order valence-corrected chi connectivity index (χ0v) is 88.5. The number of halogens is 1. The monoisotopic (exact) mass is 1910 g/mol. The Labute approximate surface area is 822 Å². The van der Waals surface area contributed by atoms with Crippen molar-refractivity contribution >= 4 is 70.9 Å². The summed E-state index contributed by atoms with van der Waals surface area (Å²) in [4.78, 5) is 105. The van der Waals surface area contributed by atoms with E-state index in [2.05, 4.69) is 186 Å². The van der Waals surface area contributed by atoms with Crippen LogP contribution >= 0.6 is 11.6 Å². The van der Waals surface area contributed by atoms with Crippen molar-refractivity contribution in [2.45, 2.75) is 377 Å². The lowest BCUT2D eigenvalue weighted by atomic mass is 9.62. The van der Waals surface area contributed by atoms with Gasteiger partial charge in [-0.15, -0.1) is 0 Å². The molecule has 0 atom stereocenters. The zero-order chi connectivity index (χ0) is 101. The standard InChI is InChI=1S/C40H60N4O6.C35H58N4O4.C30H44N4O2.C5H3ClO2/c1-26-21-30-31(40(10,11)19-18-39(30,8)9)22-29(26)25-44(33(45)32-13-12-20-48-32)24-28-16-14-27(15-17-28)23-41-34(42-35(46)49-37(2,3)4)43-36(47)50-38(5,6)7;1-23-18-27-28(35(10,11)17-16-34(27,8)9)19-26(23)22-36-20-24-12-14-25(15-13-24)21-37-29(38-30(40)42-32(2,3)4)39-31(41)43-33(5,6)7;1-20-15-24-25(30(4,5)13-12-29(24,2)3)16-23(20)19-34(27(35)26-7-6-14-36-26)18-22-10-8-21(9-11-22)17-33-28(31)32;6-5(7)4-2-1-3-8-4/h12-13,20-22,27-28H,14-19,23-25H2,1-11H3,(H2,41,42,43,46,47);18-19,24-25,36H,12-17,20-22H2,1-11H3,(H2,37,38,39,40,41);6-7,14-16,21-22H,8-13,17-19H2,1-5H3,(H4,31,32,33);1-3H. The number of carbonyl (C=O) groups is 7. The Bertz CT molecular complexity index is 5070. The number of nitrogens with two attached hydrogens (primary N) is 2.